The summed E-state index contributed by atoms with van der Waals surface area (Å²) in [5.41, 5.74) is 2.22. The van der Waals surface area contributed by atoms with E-state index in [0.29, 0.717) is 17.2 Å². The number of guanidine groups is 1. The Morgan fingerprint density at radius 2 is 1.93 bits per heavy atom. The lowest BCUT2D eigenvalue weighted by Crippen LogP contribution is -2.53. The number of hydrogen-bond acceptors (Lipinski definition) is 4. The molecule has 3 rings (SSSR count). The molecule has 1 fully saturated rings. The largest absolute Gasteiger partial charge is 0.506 e. The first-order valence-electron chi connectivity index (χ1n) is 9.46. The highest BCUT2D eigenvalue weighted by Gasteiger charge is 2.21. The fourth-order valence-electron chi connectivity index (χ4n) is 3.27. The van der Waals surface area contributed by atoms with E-state index in [4.69, 9.17) is 6.42 Å². The van der Waals surface area contributed by atoms with Gasteiger partial charge in [0, 0.05) is 44.5 Å². The minimum atomic E-state index is -0.173. The molecule has 1 amide bonds. The molecule has 150 valence electrons. The van der Waals surface area contributed by atoms with Gasteiger partial charge in [0.25, 0.3) is 0 Å². The van der Waals surface area contributed by atoms with E-state index >= 15 is 0 Å². The average Bonchev–Trinajstić information content (AvgIpc) is 2.75. The number of phenols is 1. The Balaban J connectivity index is 1.50. The van der Waals surface area contributed by atoms with Gasteiger partial charge in [-0.1, -0.05) is 24.1 Å². The Kier molecular flexibility index (Phi) is 6.59. The second kappa shape index (κ2) is 9.51. The van der Waals surface area contributed by atoms with Crippen LogP contribution in [-0.2, 0) is 4.79 Å². The predicted octanol–water partition coefficient (Wildman–Crippen LogP) is 1.71. The van der Waals surface area contributed by atoms with Crippen molar-refractivity contribution in [3.8, 4) is 18.1 Å². The third-order valence-electron chi connectivity index (χ3n) is 4.73. The third kappa shape index (κ3) is 5.20. The average molecular weight is 391 g/mol. The maximum atomic E-state index is 12.3. The van der Waals surface area contributed by atoms with Crippen LogP contribution in [0, 0.1) is 12.3 Å². The number of anilines is 2. The lowest BCUT2D eigenvalue weighted by molar-refractivity contribution is -0.115. The summed E-state index contributed by atoms with van der Waals surface area (Å²) in [4.78, 5) is 20.8. The van der Waals surface area contributed by atoms with Gasteiger partial charge in [-0.25, -0.2) is 0 Å². The Bertz CT molecular complexity index is 927. The highest BCUT2D eigenvalue weighted by molar-refractivity contribution is 5.95. The van der Waals surface area contributed by atoms with Crippen molar-refractivity contribution in [2.24, 2.45) is 4.99 Å². The van der Waals surface area contributed by atoms with Crippen molar-refractivity contribution in [1.29, 1.82) is 0 Å². The SMILES string of the molecule is C#Cc1cccc(NC(=O)CNC(=NC)N2CCN(c3ccccc3O)CC2)c1. The number of para-hydroxylation sites is 2. The predicted molar refractivity (Wildman–Crippen MR) is 116 cm³/mol. The maximum Gasteiger partial charge on any atom is 0.243 e. The number of nitrogens with zero attached hydrogens (tertiary/aromatic N) is 3. The van der Waals surface area contributed by atoms with Crippen LogP contribution in [0.25, 0.3) is 0 Å². The summed E-state index contributed by atoms with van der Waals surface area (Å²) in [7, 11) is 1.70. The number of carbonyl (C=O) groups excluding carboxylic acids is 1. The van der Waals surface area contributed by atoms with Crippen molar-refractivity contribution in [2.75, 3.05) is 50.0 Å². The zero-order valence-electron chi connectivity index (χ0n) is 16.4. The summed E-state index contributed by atoms with van der Waals surface area (Å²) in [5.74, 6) is 3.34. The quantitative estimate of drug-likeness (QED) is 0.420. The number of amides is 1. The first kappa shape index (κ1) is 20.1. The molecular formula is C22H25N5O2. The Morgan fingerprint density at radius 3 is 2.62 bits per heavy atom. The minimum absolute atomic E-state index is 0.104. The fourth-order valence-corrected chi connectivity index (χ4v) is 3.27. The summed E-state index contributed by atoms with van der Waals surface area (Å²) in [6.07, 6.45) is 5.39. The number of carbonyl (C=O) groups is 1. The molecule has 2 aromatic rings. The zero-order valence-corrected chi connectivity index (χ0v) is 16.4. The molecule has 0 spiro atoms. The van der Waals surface area contributed by atoms with E-state index in [1.165, 1.54) is 0 Å². The van der Waals surface area contributed by atoms with Gasteiger partial charge in [0.15, 0.2) is 5.96 Å². The van der Waals surface area contributed by atoms with E-state index in [0.717, 1.165) is 31.9 Å². The third-order valence-corrected chi connectivity index (χ3v) is 4.73. The van der Waals surface area contributed by atoms with Crippen LogP contribution >= 0.6 is 0 Å². The Morgan fingerprint density at radius 1 is 1.17 bits per heavy atom. The van der Waals surface area contributed by atoms with Crippen molar-refractivity contribution < 1.29 is 9.90 Å². The highest BCUT2D eigenvalue weighted by Crippen LogP contribution is 2.27. The molecule has 0 aromatic heterocycles. The molecule has 0 bridgehead atoms. The lowest BCUT2D eigenvalue weighted by Gasteiger charge is -2.37. The molecule has 29 heavy (non-hydrogen) atoms. The number of aliphatic imine (C=N–C) groups is 1. The first-order chi connectivity index (χ1) is 14.1. The van der Waals surface area contributed by atoms with Crippen LogP contribution in [0.15, 0.2) is 53.5 Å². The molecule has 1 aliphatic heterocycles. The summed E-state index contributed by atoms with van der Waals surface area (Å²) in [5, 5.41) is 16.0. The molecule has 7 heteroatoms. The minimum Gasteiger partial charge on any atom is -0.506 e. The van der Waals surface area contributed by atoms with E-state index in [2.05, 4.69) is 31.3 Å². The molecule has 0 saturated carbocycles. The van der Waals surface area contributed by atoms with E-state index in [-0.39, 0.29) is 18.2 Å². The number of rotatable bonds is 4. The Hall–Kier alpha value is -3.66. The van der Waals surface area contributed by atoms with Crippen molar-refractivity contribution >= 4 is 23.2 Å². The zero-order chi connectivity index (χ0) is 20.6. The molecule has 0 radical (unpaired) electrons. The van der Waals surface area contributed by atoms with Crippen LogP contribution in [0.3, 0.4) is 0 Å². The number of aromatic hydroxyl groups is 1. The topological polar surface area (TPSA) is 80.2 Å². The normalized spacial score (nSPS) is 14.3. The monoisotopic (exact) mass is 391 g/mol. The number of phenolic OH excluding ortho intramolecular Hbond substituents is 1. The molecule has 7 nitrogen and oxygen atoms in total. The van der Waals surface area contributed by atoms with Crippen molar-refractivity contribution in [1.82, 2.24) is 10.2 Å². The molecule has 2 aromatic carbocycles. The molecule has 0 unspecified atom stereocenters. The number of terminal acetylenes is 1. The number of hydrogen-bond donors (Lipinski definition) is 3. The number of nitrogens with one attached hydrogen (secondary N) is 2. The summed E-state index contributed by atoms with van der Waals surface area (Å²) < 4.78 is 0. The van der Waals surface area contributed by atoms with Crippen molar-refractivity contribution in [3.05, 3.63) is 54.1 Å². The van der Waals surface area contributed by atoms with Gasteiger partial charge in [0.1, 0.15) is 5.75 Å². The molecule has 0 atom stereocenters. The van der Waals surface area contributed by atoms with Gasteiger partial charge < -0.3 is 25.5 Å². The van der Waals surface area contributed by atoms with Gasteiger partial charge >= 0.3 is 0 Å². The maximum absolute atomic E-state index is 12.3. The van der Waals surface area contributed by atoms with Gasteiger partial charge in [-0.3, -0.25) is 9.79 Å². The van der Waals surface area contributed by atoms with Crippen LogP contribution in [0.1, 0.15) is 5.56 Å². The smallest absolute Gasteiger partial charge is 0.243 e. The molecule has 0 aliphatic carbocycles. The van der Waals surface area contributed by atoms with Gasteiger partial charge in [-0.15, -0.1) is 6.42 Å². The first-order valence-corrected chi connectivity index (χ1v) is 9.46. The molecular weight excluding hydrogens is 366 g/mol. The van der Waals surface area contributed by atoms with Gasteiger partial charge in [0.2, 0.25) is 5.91 Å². The van der Waals surface area contributed by atoms with Gasteiger partial charge in [0.05, 0.1) is 12.2 Å². The second-order valence-electron chi connectivity index (χ2n) is 6.64. The van der Waals surface area contributed by atoms with Crippen molar-refractivity contribution in [2.45, 2.75) is 0 Å². The van der Waals surface area contributed by atoms with E-state index in [1.807, 2.05) is 24.3 Å². The molecule has 3 N–H and O–H groups in total. The Labute approximate surface area is 171 Å². The summed E-state index contributed by atoms with van der Waals surface area (Å²) in [6.45, 7) is 3.08. The molecule has 1 saturated heterocycles. The summed E-state index contributed by atoms with van der Waals surface area (Å²) >= 11 is 0. The number of piperazine rings is 1. The molecule has 1 heterocycles. The van der Waals surface area contributed by atoms with Crippen molar-refractivity contribution in [3.63, 3.8) is 0 Å². The highest BCUT2D eigenvalue weighted by atomic mass is 16.3. The van der Waals surface area contributed by atoms with Crippen LogP contribution in [0.2, 0.25) is 0 Å². The van der Waals surface area contributed by atoms with Gasteiger partial charge in [-0.05, 0) is 30.3 Å². The van der Waals surface area contributed by atoms with E-state index < -0.39 is 0 Å². The lowest BCUT2D eigenvalue weighted by atomic mass is 10.2. The fraction of sp³-hybridized carbons (Fsp3) is 0.273. The second-order valence-corrected chi connectivity index (χ2v) is 6.64. The van der Waals surface area contributed by atoms with E-state index in [1.54, 1.807) is 31.3 Å². The van der Waals surface area contributed by atoms with Crippen LogP contribution in [0.5, 0.6) is 5.75 Å². The molecule has 1 aliphatic rings. The van der Waals surface area contributed by atoms with Crippen LogP contribution < -0.4 is 15.5 Å². The van der Waals surface area contributed by atoms with Crippen LogP contribution in [0.4, 0.5) is 11.4 Å². The standard InChI is InChI=1S/C22H25N5O2/c1-3-17-7-6-8-18(15-17)25-21(29)16-24-22(23-2)27-13-11-26(12-14-27)19-9-4-5-10-20(19)28/h1,4-10,15,28H,11-14,16H2,2H3,(H,23,24)(H,25,29). The number of benzene rings is 2. The van der Waals surface area contributed by atoms with Gasteiger partial charge in [-0.2, -0.15) is 0 Å². The van der Waals surface area contributed by atoms with Crippen LogP contribution in [-0.4, -0.2) is 61.6 Å². The summed E-state index contributed by atoms with van der Waals surface area (Å²) in [6, 6.07) is 14.5. The van der Waals surface area contributed by atoms with E-state index in [9.17, 15) is 9.90 Å².